The van der Waals surface area contributed by atoms with Crippen LogP contribution in [0.5, 0.6) is 5.75 Å². The van der Waals surface area contributed by atoms with Crippen molar-refractivity contribution in [3.05, 3.63) is 94.5 Å². The molecule has 3 aromatic carbocycles. The molecule has 0 aromatic heterocycles. The topological polar surface area (TPSA) is 58.6 Å². The van der Waals surface area contributed by atoms with Crippen molar-refractivity contribution in [1.29, 1.82) is 0 Å². The predicted octanol–water partition coefficient (Wildman–Crippen LogP) is 4.85. The van der Waals surface area contributed by atoms with E-state index in [0.717, 1.165) is 5.75 Å². The van der Waals surface area contributed by atoms with Crippen LogP contribution >= 0.6 is 15.9 Å². The molecule has 0 spiro atoms. The second-order valence-electron chi connectivity index (χ2n) is 6.37. The average molecular weight is 453 g/mol. The van der Waals surface area contributed by atoms with E-state index in [1.54, 1.807) is 54.4 Å². The monoisotopic (exact) mass is 452 g/mol. The van der Waals surface area contributed by atoms with Gasteiger partial charge in [0.2, 0.25) is 0 Å². The molecule has 0 saturated carbocycles. The molecule has 0 bridgehead atoms. The highest BCUT2D eigenvalue weighted by Gasteiger charge is 2.18. The van der Waals surface area contributed by atoms with E-state index in [4.69, 9.17) is 4.74 Å². The van der Waals surface area contributed by atoms with Crippen molar-refractivity contribution >= 4 is 33.4 Å². The summed E-state index contributed by atoms with van der Waals surface area (Å²) in [6.07, 6.45) is 0. The van der Waals surface area contributed by atoms with Crippen LogP contribution in [0.1, 0.15) is 20.7 Å². The summed E-state index contributed by atoms with van der Waals surface area (Å²) in [5, 5.41) is 2.84. The minimum absolute atomic E-state index is 0.190. The predicted molar refractivity (Wildman–Crippen MR) is 117 cm³/mol. The van der Waals surface area contributed by atoms with Crippen molar-refractivity contribution in [3.8, 4) is 5.75 Å². The van der Waals surface area contributed by atoms with Crippen molar-refractivity contribution in [1.82, 2.24) is 4.90 Å². The molecule has 0 radical (unpaired) electrons. The first-order valence-corrected chi connectivity index (χ1v) is 9.94. The lowest BCUT2D eigenvalue weighted by atomic mass is 10.1. The lowest BCUT2D eigenvalue weighted by molar-refractivity contribution is 0.0775. The van der Waals surface area contributed by atoms with Crippen molar-refractivity contribution < 1.29 is 14.3 Å². The summed E-state index contributed by atoms with van der Waals surface area (Å²) >= 11 is 3.38. The molecule has 1 N–H and O–H groups in total. The quantitative estimate of drug-likeness (QED) is 0.557. The molecule has 29 heavy (non-hydrogen) atoms. The molecule has 0 atom stereocenters. The Bertz CT molecular complexity index is 992. The first-order chi connectivity index (χ1) is 14.1. The third kappa shape index (κ3) is 5.45. The highest BCUT2D eigenvalue weighted by atomic mass is 79.9. The Balaban J connectivity index is 1.66. The van der Waals surface area contributed by atoms with Gasteiger partial charge in [-0.3, -0.25) is 9.59 Å². The molecular formula is C23H21BrN2O3. The molecule has 3 aromatic rings. The number of carbonyl (C=O) groups is 2. The SMILES string of the molecule is CN(CCOc1ccccc1)C(=O)c1ccccc1NC(=O)c1ccccc1Br. The van der Waals surface area contributed by atoms with Gasteiger partial charge in [0.05, 0.1) is 23.4 Å². The molecule has 0 aliphatic heterocycles. The minimum Gasteiger partial charge on any atom is -0.492 e. The van der Waals surface area contributed by atoms with Crippen LogP contribution in [0, 0.1) is 0 Å². The van der Waals surface area contributed by atoms with Gasteiger partial charge in [0, 0.05) is 11.5 Å². The molecule has 0 fully saturated rings. The summed E-state index contributed by atoms with van der Waals surface area (Å²) < 4.78 is 6.35. The van der Waals surface area contributed by atoms with Gasteiger partial charge in [-0.15, -0.1) is 0 Å². The number of benzene rings is 3. The van der Waals surface area contributed by atoms with Gasteiger partial charge in [-0.25, -0.2) is 0 Å². The van der Waals surface area contributed by atoms with Crippen LogP contribution in [0.25, 0.3) is 0 Å². The summed E-state index contributed by atoms with van der Waals surface area (Å²) in [5.41, 5.74) is 1.39. The number of para-hydroxylation sites is 2. The molecule has 0 aliphatic carbocycles. The van der Waals surface area contributed by atoms with Crippen molar-refractivity contribution in [2.75, 3.05) is 25.5 Å². The number of amides is 2. The van der Waals surface area contributed by atoms with E-state index in [1.807, 2.05) is 36.4 Å². The van der Waals surface area contributed by atoms with E-state index in [2.05, 4.69) is 21.2 Å². The Morgan fingerprint density at radius 1 is 0.897 bits per heavy atom. The van der Waals surface area contributed by atoms with Crippen LogP contribution < -0.4 is 10.1 Å². The van der Waals surface area contributed by atoms with Gasteiger partial charge < -0.3 is 15.0 Å². The summed E-state index contributed by atoms with van der Waals surface area (Å²) in [4.78, 5) is 27.1. The molecule has 0 aliphatic rings. The highest BCUT2D eigenvalue weighted by molar-refractivity contribution is 9.10. The maximum absolute atomic E-state index is 12.9. The van der Waals surface area contributed by atoms with E-state index in [0.29, 0.717) is 34.4 Å². The number of nitrogens with zero attached hydrogens (tertiary/aromatic N) is 1. The normalized spacial score (nSPS) is 10.3. The number of nitrogens with one attached hydrogen (secondary N) is 1. The number of ether oxygens (including phenoxy) is 1. The molecule has 0 saturated heterocycles. The van der Waals surface area contributed by atoms with Gasteiger partial charge in [0.25, 0.3) is 11.8 Å². The Hall–Kier alpha value is -3.12. The Morgan fingerprint density at radius 3 is 2.24 bits per heavy atom. The van der Waals surface area contributed by atoms with Crippen molar-refractivity contribution in [2.45, 2.75) is 0 Å². The average Bonchev–Trinajstić information content (AvgIpc) is 2.74. The third-order valence-corrected chi connectivity index (χ3v) is 5.00. The Morgan fingerprint density at radius 2 is 1.52 bits per heavy atom. The summed E-state index contributed by atoms with van der Waals surface area (Å²) in [5.74, 6) is 0.284. The first-order valence-electron chi connectivity index (χ1n) is 9.14. The fraction of sp³-hybridized carbons (Fsp3) is 0.130. The largest absolute Gasteiger partial charge is 0.492 e. The number of halogens is 1. The van der Waals surface area contributed by atoms with E-state index < -0.39 is 0 Å². The molecule has 2 amide bonds. The number of hydrogen-bond acceptors (Lipinski definition) is 3. The van der Waals surface area contributed by atoms with Gasteiger partial charge in [-0.1, -0.05) is 42.5 Å². The molecule has 148 valence electrons. The highest BCUT2D eigenvalue weighted by Crippen LogP contribution is 2.21. The van der Waals surface area contributed by atoms with Crippen molar-refractivity contribution in [2.24, 2.45) is 0 Å². The van der Waals surface area contributed by atoms with Crippen LogP contribution in [-0.2, 0) is 0 Å². The molecule has 6 heteroatoms. The summed E-state index contributed by atoms with van der Waals surface area (Å²) in [6.45, 7) is 0.790. The Kier molecular flexibility index (Phi) is 7.03. The van der Waals surface area contributed by atoms with E-state index in [9.17, 15) is 9.59 Å². The fourth-order valence-corrected chi connectivity index (χ4v) is 3.20. The number of likely N-dealkylation sites (N-methyl/N-ethyl adjacent to an activating group) is 1. The lowest BCUT2D eigenvalue weighted by Crippen LogP contribution is -2.31. The lowest BCUT2D eigenvalue weighted by Gasteiger charge is -2.19. The minimum atomic E-state index is -0.284. The summed E-state index contributed by atoms with van der Waals surface area (Å²) in [7, 11) is 1.71. The second kappa shape index (κ2) is 9.89. The Labute approximate surface area is 178 Å². The molecular weight excluding hydrogens is 432 g/mol. The molecule has 0 heterocycles. The van der Waals surface area contributed by atoms with Gasteiger partial charge in [0.1, 0.15) is 12.4 Å². The summed E-state index contributed by atoms with van der Waals surface area (Å²) in [6, 6.07) is 23.6. The van der Waals surface area contributed by atoms with Crippen LogP contribution in [0.4, 0.5) is 5.69 Å². The number of carbonyl (C=O) groups excluding carboxylic acids is 2. The molecule has 5 nitrogen and oxygen atoms in total. The van der Waals surface area contributed by atoms with E-state index in [1.165, 1.54) is 0 Å². The zero-order valence-corrected chi connectivity index (χ0v) is 17.6. The van der Waals surface area contributed by atoms with Gasteiger partial charge in [0.15, 0.2) is 0 Å². The maximum atomic E-state index is 12.9. The number of hydrogen-bond donors (Lipinski definition) is 1. The zero-order chi connectivity index (χ0) is 20.6. The fourth-order valence-electron chi connectivity index (χ4n) is 2.74. The standard InChI is InChI=1S/C23H21BrN2O3/c1-26(15-16-29-17-9-3-2-4-10-17)23(28)19-12-6-8-14-21(19)25-22(27)18-11-5-7-13-20(18)24/h2-14H,15-16H2,1H3,(H,25,27). The molecule has 3 rings (SSSR count). The van der Waals surface area contributed by atoms with Crippen LogP contribution in [0.15, 0.2) is 83.3 Å². The number of anilines is 1. The van der Waals surface area contributed by atoms with Crippen LogP contribution in [0.3, 0.4) is 0 Å². The smallest absolute Gasteiger partial charge is 0.256 e. The molecule has 0 unspecified atom stereocenters. The zero-order valence-electron chi connectivity index (χ0n) is 16.0. The number of rotatable bonds is 7. The first kappa shape index (κ1) is 20.6. The second-order valence-corrected chi connectivity index (χ2v) is 7.22. The van der Waals surface area contributed by atoms with E-state index in [-0.39, 0.29) is 11.8 Å². The van der Waals surface area contributed by atoms with Gasteiger partial charge in [-0.05, 0) is 52.3 Å². The van der Waals surface area contributed by atoms with Gasteiger partial charge >= 0.3 is 0 Å². The van der Waals surface area contributed by atoms with E-state index >= 15 is 0 Å². The van der Waals surface area contributed by atoms with Crippen LogP contribution in [0.2, 0.25) is 0 Å². The maximum Gasteiger partial charge on any atom is 0.256 e. The third-order valence-electron chi connectivity index (χ3n) is 4.31. The van der Waals surface area contributed by atoms with Gasteiger partial charge in [-0.2, -0.15) is 0 Å². The van der Waals surface area contributed by atoms with Crippen molar-refractivity contribution in [3.63, 3.8) is 0 Å². The van der Waals surface area contributed by atoms with Crippen LogP contribution in [-0.4, -0.2) is 36.9 Å².